The number of phenols is 1. The number of nitrogen functional groups attached to an aromatic ring is 1. The number of nitrogens with zero attached hydrogens (tertiary/aromatic N) is 10. The lowest BCUT2D eigenvalue weighted by Crippen LogP contribution is -2.54. The van der Waals surface area contributed by atoms with Crippen molar-refractivity contribution in [2.24, 2.45) is 23.7 Å². The highest BCUT2D eigenvalue weighted by molar-refractivity contribution is 7.13. The van der Waals surface area contributed by atoms with Crippen molar-refractivity contribution in [1.29, 1.82) is 0 Å². The number of pyridine rings is 1. The van der Waals surface area contributed by atoms with Crippen LogP contribution in [0.5, 0.6) is 11.6 Å². The first-order valence-corrected chi connectivity index (χ1v) is 30.5. The smallest absolute Gasteiger partial charge is 0.243 e. The van der Waals surface area contributed by atoms with Crippen molar-refractivity contribution in [2.45, 2.75) is 134 Å². The van der Waals surface area contributed by atoms with E-state index in [4.69, 9.17) is 15.0 Å². The third kappa shape index (κ3) is 11.8. The van der Waals surface area contributed by atoms with Crippen molar-refractivity contribution in [1.82, 2.24) is 40.4 Å². The van der Waals surface area contributed by atoms with E-state index in [-0.39, 0.29) is 48.6 Å². The Bertz CT molecular complexity index is 3140. The number of hydrogen-bond donors (Lipinski definition) is 4. The van der Waals surface area contributed by atoms with Gasteiger partial charge >= 0.3 is 0 Å². The summed E-state index contributed by atoms with van der Waals surface area (Å²) in [5.74, 6) is 3.36. The van der Waals surface area contributed by atoms with Gasteiger partial charge in [-0.1, -0.05) is 55.4 Å². The number of carbonyl (C=O) groups is 2. The van der Waals surface area contributed by atoms with Crippen molar-refractivity contribution in [3.05, 3.63) is 102 Å². The number of likely N-dealkylation sites (tertiary alicyclic amines) is 2. The van der Waals surface area contributed by atoms with E-state index in [9.17, 15) is 19.8 Å². The molecule has 9 heterocycles. The molecule has 5 aliphatic heterocycles. The van der Waals surface area contributed by atoms with E-state index >= 15 is 0 Å². The van der Waals surface area contributed by atoms with Gasteiger partial charge in [-0.3, -0.25) is 9.59 Å². The summed E-state index contributed by atoms with van der Waals surface area (Å²) in [6, 6.07) is 23.0. The quantitative estimate of drug-likeness (QED) is 0.0671. The average molecular weight is 1120 g/mol. The second kappa shape index (κ2) is 23.6. The number of aliphatic hydroxyl groups is 1. The van der Waals surface area contributed by atoms with Crippen LogP contribution in [0.4, 0.5) is 23.0 Å². The molecule has 6 fully saturated rings. The molecule has 5 saturated heterocycles. The zero-order chi connectivity index (χ0) is 55.9. The molecule has 6 aromatic rings. The van der Waals surface area contributed by atoms with Crippen molar-refractivity contribution in [3.8, 4) is 33.3 Å². The molecule has 2 bridgehead atoms. The highest BCUT2D eigenvalue weighted by Gasteiger charge is 2.45. The Morgan fingerprint density at radius 2 is 1.57 bits per heavy atom. The highest BCUT2D eigenvalue weighted by atomic mass is 32.1. The Hall–Kier alpha value is -6.83. The molecule has 1 unspecified atom stereocenters. The number of para-hydroxylation sites is 1. The van der Waals surface area contributed by atoms with Gasteiger partial charge in [0.1, 0.15) is 23.8 Å². The number of piperazine rings is 1. The number of thiazole rings is 1. The van der Waals surface area contributed by atoms with Crippen LogP contribution < -0.4 is 30.5 Å². The zero-order valence-electron chi connectivity index (χ0n) is 47.1. The maximum Gasteiger partial charge on any atom is 0.243 e. The Labute approximate surface area is 479 Å². The molecule has 1 saturated carbocycles. The summed E-state index contributed by atoms with van der Waals surface area (Å²) < 4.78 is 12.5. The van der Waals surface area contributed by atoms with E-state index in [1.807, 2.05) is 87.9 Å². The number of aryl methyl sites for hydroxylation is 1. The number of carbonyl (C=O) groups excluding carboxylic acids is 2. The topological polar surface area (TPSA) is 216 Å². The van der Waals surface area contributed by atoms with Gasteiger partial charge in [0, 0.05) is 87.4 Å². The van der Waals surface area contributed by atoms with E-state index in [0.717, 1.165) is 129 Å². The Balaban J connectivity index is 0.564. The number of aromatic nitrogens is 5. The number of hydrogen-bond acceptors (Lipinski definition) is 17. The summed E-state index contributed by atoms with van der Waals surface area (Å²) in [4.78, 5) is 49.8. The lowest BCUT2D eigenvalue weighted by atomic mass is 9.80. The molecule has 5 N–H and O–H groups in total. The first-order valence-electron chi connectivity index (χ1n) is 29.6. The van der Waals surface area contributed by atoms with Gasteiger partial charge in [-0.25, -0.2) is 9.97 Å². The maximum absolute atomic E-state index is 14.4. The molecule has 0 radical (unpaired) electrons. The van der Waals surface area contributed by atoms with Crippen LogP contribution in [0.1, 0.15) is 114 Å². The Morgan fingerprint density at radius 1 is 0.840 bits per heavy atom. The minimum atomic E-state index is -0.795. The van der Waals surface area contributed by atoms with Crippen LogP contribution in [0, 0.1) is 30.6 Å². The molecule has 1 aliphatic carbocycles. The first-order chi connectivity index (χ1) is 39.3. The van der Waals surface area contributed by atoms with Crippen molar-refractivity contribution >= 4 is 46.2 Å². The monoisotopic (exact) mass is 1120 g/mol. The fourth-order valence-corrected chi connectivity index (χ4v) is 14.8. The number of rotatable bonds is 17. The van der Waals surface area contributed by atoms with E-state index in [1.165, 1.54) is 19.3 Å². The molecule has 4 aromatic heterocycles. The Kier molecular flexibility index (Phi) is 15.9. The number of anilines is 4. The number of fused-ring (bicyclic) bond motifs is 2. The summed E-state index contributed by atoms with van der Waals surface area (Å²) in [6.07, 6.45) is 11.8. The van der Waals surface area contributed by atoms with Crippen molar-refractivity contribution in [3.63, 3.8) is 0 Å². The molecule has 81 heavy (non-hydrogen) atoms. The van der Waals surface area contributed by atoms with Crippen molar-refractivity contribution < 1.29 is 29.1 Å². The fraction of sp³-hybridized carbons (Fsp3) is 0.532. The molecule has 6 aliphatic rings. The van der Waals surface area contributed by atoms with Gasteiger partial charge in [0.25, 0.3) is 0 Å². The number of β-amino-alcohol motifs (C(OH)–C–C–N with tert-alkyl or cyclic N) is 1. The lowest BCUT2D eigenvalue weighted by Gasteiger charge is -2.43. The molecular weight excluding hydrogens is 1040 g/mol. The average Bonchev–Trinajstić information content (AvgIpc) is 4.28. The second-order valence-electron chi connectivity index (χ2n) is 24.4. The summed E-state index contributed by atoms with van der Waals surface area (Å²) in [5.41, 5.74) is 14.6. The largest absolute Gasteiger partial charge is 0.507 e. The van der Waals surface area contributed by atoms with Crippen LogP contribution in [-0.4, -0.2) is 140 Å². The standard InChI is InChI=1S/C62H78N12O6S/c1-37(2)58(62(78)73-35-48(75)29-53(73)61(77)66-38(3)43-9-11-44(12-10-43)59-39(4)65-36-81-59)55-31-56(69-80-55)71-23-18-41(19-24-71)25-40-16-21-70(22-17-40)32-42-26-49(27-42)79-57-28-45(15-20-64-57)74-46-13-14-47(74)34-72(33-46)52-30-51(67-68-60(52)63)50-7-5-6-8-54(50)76/h5-12,15,20,28,30-31,36-38,40-42,46-49,53,58,75-76H,13-14,16-19,21-27,29,32-35H2,1-4H3,(H2,63,68)(H,66,77)/t38-,42?,46+,47?,48+,49?,53-,58-/m0/s1. The van der Waals surface area contributed by atoms with Gasteiger partial charge in [0.05, 0.1) is 39.6 Å². The van der Waals surface area contributed by atoms with Crippen LogP contribution in [0.15, 0.2) is 89.0 Å². The molecular formula is C62H78N12O6S. The van der Waals surface area contributed by atoms with E-state index in [1.54, 1.807) is 28.4 Å². The molecule has 12 rings (SSSR count). The van der Waals surface area contributed by atoms with Crippen LogP contribution in [0.2, 0.25) is 0 Å². The molecule has 428 valence electrons. The molecule has 18 nitrogen and oxygen atoms in total. The number of benzene rings is 2. The first kappa shape index (κ1) is 54.7. The number of nitrogens with one attached hydrogen (secondary N) is 1. The highest BCUT2D eigenvalue weighted by Crippen LogP contribution is 2.42. The number of ether oxygens (including phenoxy) is 1. The number of aliphatic hydroxyl groups excluding tert-OH is 1. The molecule has 0 spiro atoms. The third-order valence-electron chi connectivity index (χ3n) is 18.5. The van der Waals surface area contributed by atoms with Gasteiger partial charge in [-0.05, 0) is 144 Å². The fourth-order valence-electron chi connectivity index (χ4n) is 14.0. The maximum atomic E-state index is 14.4. The van der Waals surface area contributed by atoms with Crippen LogP contribution >= 0.6 is 11.3 Å². The van der Waals surface area contributed by atoms with Gasteiger partial charge in [-0.2, -0.15) is 0 Å². The van der Waals surface area contributed by atoms with Gasteiger partial charge in [0.15, 0.2) is 17.4 Å². The van der Waals surface area contributed by atoms with Gasteiger partial charge < -0.3 is 55.0 Å². The number of amides is 2. The predicted molar refractivity (Wildman–Crippen MR) is 314 cm³/mol. The summed E-state index contributed by atoms with van der Waals surface area (Å²) in [7, 11) is 0. The molecule has 6 atom stereocenters. The molecule has 19 heteroatoms. The van der Waals surface area contributed by atoms with E-state index in [0.29, 0.717) is 52.6 Å². The minimum Gasteiger partial charge on any atom is -0.507 e. The van der Waals surface area contributed by atoms with Crippen LogP contribution in [0.3, 0.4) is 0 Å². The number of aromatic hydroxyl groups is 1. The third-order valence-corrected chi connectivity index (χ3v) is 19.5. The zero-order valence-corrected chi connectivity index (χ0v) is 48.0. The minimum absolute atomic E-state index is 0.0927. The van der Waals surface area contributed by atoms with Gasteiger partial charge in [0.2, 0.25) is 17.7 Å². The Morgan fingerprint density at radius 3 is 2.27 bits per heavy atom. The van der Waals surface area contributed by atoms with E-state index < -0.39 is 18.1 Å². The molecule has 2 aromatic carbocycles. The number of phenolic OH excluding ortho intramolecular Hbond substituents is 1. The summed E-state index contributed by atoms with van der Waals surface area (Å²) in [5, 5.41) is 37.5. The summed E-state index contributed by atoms with van der Waals surface area (Å²) >= 11 is 1.60. The SMILES string of the molecule is Cc1ncsc1-c1ccc([C@H](C)NC(=O)[C@@H]2C[C@@H](O)CN2C(=O)[C@H](c2cc(N3CCC(CC4CCN(CC5CC(Oc6cc(N7C8CC[C@@H]7CN(c7cc(-c9ccccc9O)nnc7N)C8)ccn6)C5)CC4)CC3)no2)C(C)C)cc1. The van der Waals surface area contributed by atoms with Gasteiger partial charge in [-0.15, -0.1) is 21.5 Å². The van der Waals surface area contributed by atoms with Crippen molar-refractivity contribution in [2.75, 3.05) is 72.8 Å². The summed E-state index contributed by atoms with van der Waals surface area (Å²) in [6.45, 7) is 14.9. The number of piperidine rings is 2. The van der Waals surface area contributed by atoms with Crippen LogP contribution in [-0.2, 0) is 9.59 Å². The predicted octanol–water partition coefficient (Wildman–Crippen LogP) is 8.86. The molecule has 2 amide bonds. The second-order valence-corrected chi connectivity index (χ2v) is 25.2. The lowest BCUT2D eigenvalue weighted by molar-refractivity contribution is -0.141. The van der Waals surface area contributed by atoms with Crippen LogP contribution in [0.25, 0.3) is 21.7 Å². The van der Waals surface area contributed by atoms with E-state index in [2.05, 4.69) is 62.4 Å². The normalized spacial score (nSPS) is 24.4. The number of nitrogens with two attached hydrogens (primary N) is 1.